The van der Waals surface area contributed by atoms with Gasteiger partial charge in [0.05, 0.1) is 31.2 Å². The molecule has 182 valence electrons. The first kappa shape index (κ1) is 29.4. The number of carbonyl (C=O) groups excluding carboxylic acids is 3. The second-order valence-corrected chi connectivity index (χ2v) is 10.1. The number of esters is 3. The zero-order valence-corrected chi connectivity index (χ0v) is 20.9. The van der Waals surface area contributed by atoms with E-state index < -0.39 is 42.5 Å². The van der Waals surface area contributed by atoms with Crippen molar-refractivity contribution in [3.05, 3.63) is 0 Å². The summed E-state index contributed by atoms with van der Waals surface area (Å²) in [5, 5.41) is 11.0. The van der Waals surface area contributed by atoms with Crippen LogP contribution in [0.4, 0.5) is 0 Å². The van der Waals surface area contributed by atoms with E-state index in [9.17, 15) is 19.5 Å². The summed E-state index contributed by atoms with van der Waals surface area (Å²) in [6.07, 6.45) is -0.661. The van der Waals surface area contributed by atoms with Gasteiger partial charge in [0, 0.05) is 0 Å². The van der Waals surface area contributed by atoms with E-state index in [4.69, 9.17) is 14.2 Å². The van der Waals surface area contributed by atoms with Crippen LogP contribution in [0.1, 0.15) is 94.4 Å². The molecule has 0 aliphatic heterocycles. The van der Waals surface area contributed by atoms with E-state index in [0.29, 0.717) is 31.1 Å². The molecular weight excluding hydrogens is 400 g/mol. The molecule has 0 aromatic heterocycles. The molecule has 0 aromatic carbocycles. The second kappa shape index (κ2) is 13.7. The highest BCUT2D eigenvalue weighted by atomic mass is 16.6. The third kappa shape index (κ3) is 13.4. The van der Waals surface area contributed by atoms with Gasteiger partial charge >= 0.3 is 17.9 Å². The van der Waals surface area contributed by atoms with E-state index in [1.807, 2.05) is 41.5 Å². The van der Waals surface area contributed by atoms with E-state index in [1.54, 1.807) is 20.8 Å². The Labute approximate surface area is 188 Å². The van der Waals surface area contributed by atoms with E-state index in [1.165, 1.54) is 0 Å². The highest BCUT2D eigenvalue weighted by molar-refractivity contribution is 5.90. The lowest BCUT2D eigenvalue weighted by molar-refractivity contribution is -0.183. The molecule has 0 saturated carbocycles. The summed E-state index contributed by atoms with van der Waals surface area (Å²) in [4.78, 5) is 37.6. The molecule has 7 nitrogen and oxygen atoms in total. The van der Waals surface area contributed by atoms with Gasteiger partial charge < -0.3 is 19.3 Å². The Bertz CT molecular complexity index is 536. The molecule has 0 aromatic rings. The van der Waals surface area contributed by atoms with E-state index in [0.717, 1.165) is 0 Å². The molecule has 1 N–H and O–H groups in total. The highest BCUT2D eigenvalue weighted by Crippen LogP contribution is 2.23. The molecule has 31 heavy (non-hydrogen) atoms. The smallest absolute Gasteiger partial charge is 0.339 e. The summed E-state index contributed by atoms with van der Waals surface area (Å²) in [7, 11) is 0. The number of aliphatic hydroxyl groups is 1. The van der Waals surface area contributed by atoms with Crippen LogP contribution < -0.4 is 0 Å². The minimum Gasteiger partial charge on any atom is -0.463 e. The molecule has 7 heteroatoms. The molecule has 3 unspecified atom stereocenters. The Morgan fingerprint density at radius 3 is 1.19 bits per heavy atom. The number of carbonyl (C=O) groups is 3. The van der Waals surface area contributed by atoms with Gasteiger partial charge in [-0.3, -0.25) is 9.59 Å². The SMILES string of the molecule is CC(C)CC(C)OC(=O)CC(O)(CC(=O)OC(C)CC(C)C)C(=O)OC(C)CC(C)C. The average molecular weight is 445 g/mol. The fraction of sp³-hybridized carbons (Fsp3) is 0.875. The van der Waals surface area contributed by atoms with Crippen molar-refractivity contribution in [2.45, 2.75) is 118 Å². The highest BCUT2D eigenvalue weighted by Gasteiger charge is 2.44. The maximum Gasteiger partial charge on any atom is 0.339 e. The maximum atomic E-state index is 12.8. The van der Waals surface area contributed by atoms with Crippen molar-refractivity contribution < 1.29 is 33.7 Å². The Morgan fingerprint density at radius 2 is 0.903 bits per heavy atom. The van der Waals surface area contributed by atoms with Crippen LogP contribution in [0.25, 0.3) is 0 Å². The van der Waals surface area contributed by atoms with Crippen LogP contribution in [0.15, 0.2) is 0 Å². The van der Waals surface area contributed by atoms with Crippen LogP contribution in [0.3, 0.4) is 0 Å². The lowest BCUT2D eigenvalue weighted by atomic mass is 9.95. The predicted molar refractivity (Wildman–Crippen MR) is 119 cm³/mol. The van der Waals surface area contributed by atoms with Crippen LogP contribution in [0, 0.1) is 17.8 Å². The largest absolute Gasteiger partial charge is 0.463 e. The Kier molecular flexibility index (Phi) is 13.0. The predicted octanol–water partition coefficient (Wildman–Crippen LogP) is 4.43. The summed E-state index contributed by atoms with van der Waals surface area (Å²) in [6.45, 7) is 17.2. The van der Waals surface area contributed by atoms with E-state index in [-0.39, 0.29) is 18.1 Å². The molecule has 0 spiro atoms. The molecule has 0 rings (SSSR count). The van der Waals surface area contributed by atoms with Crippen molar-refractivity contribution in [2.24, 2.45) is 17.8 Å². The molecule has 0 radical (unpaired) electrons. The van der Waals surface area contributed by atoms with Crippen LogP contribution in [-0.4, -0.2) is 46.9 Å². The third-order valence-electron chi connectivity index (χ3n) is 4.64. The number of ether oxygens (including phenoxy) is 3. The molecule has 0 aliphatic rings. The van der Waals surface area contributed by atoms with Crippen molar-refractivity contribution in [3.63, 3.8) is 0 Å². The molecule has 3 atom stereocenters. The van der Waals surface area contributed by atoms with Crippen molar-refractivity contribution >= 4 is 17.9 Å². The number of hydrogen-bond donors (Lipinski definition) is 1. The first-order valence-electron chi connectivity index (χ1n) is 11.5. The van der Waals surface area contributed by atoms with Gasteiger partial charge in [-0.1, -0.05) is 41.5 Å². The second-order valence-electron chi connectivity index (χ2n) is 10.1. The number of hydrogen-bond acceptors (Lipinski definition) is 7. The van der Waals surface area contributed by atoms with E-state index in [2.05, 4.69) is 0 Å². The van der Waals surface area contributed by atoms with Gasteiger partial charge in [0.15, 0.2) is 5.60 Å². The number of rotatable bonds is 14. The Hall–Kier alpha value is -1.63. The Balaban J connectivity index is 5.32. The van der Waals surface area contributed by atoms with E-state index >= 15 is 0 Å². The molecule has 0 fully saturated rings. The fourth-order valence-corrected chi connectivity index (χ4v) is 3.64. The van der Waals surface area contributed by atoms with Crippen LogP contribution in [0.2, 0.25) is 0 Å². The minimum atomic E-state index is -2.34. The quantitative estimate of drug-likeness (QED) is 0.312. The van der Waals surface area contributed by atoms with Crippen molar-refractivity contribution in [2.75, 3.05) is 0 Å². The van der Waals surface area contributed by atoms with Crippen LogP contribution >= 0.6 is 0 Å². The van der Waals surface area contributed by atoms with Gasteiger partial charge in [-0.05, 0) is 57.8 Å². The molecule has 0 heterocycles. The average Bonchev–Trinajstić information content (AvgIpc) is 2.50. The third-order valence-corrected chi connectivity index (χ3v) is 4.64. The zero-order chi connectivity index (χ0) is 24.4. The van der Waals surface area contributed by atoms with Crippen molar-refractivity contribution in [3.8, 4) is 0 Å². The summed E-state index contributed by atoms with van der Waals surface area (Å²) in [5.74, 6) is -1.61. The molecule has 0 bridgehead atoms. The van der Waals surface area contributed by atoms with Gasteiger partial charge in [0.25, 0.3) is 0 Å². The van der Waals surface area contributed by atoms with Gasteiger partial charge in [-0.15, -0.1) is 0 Å². The lowest BCUT2D eigenvalue weighted by Crippen LogP contribution is -2.46. The molecule has 0 amide bonds. The normalized spacial score (nSPS) is 16.5. The van der Waals surface area contributed by atoms with Gasteiger partial charge in [0.1, 0.15) is 0 Å². The summed E-state index contributed by atoms with van der Waals surface area (Å²) in [6, 6.07) is 0. The lowest BCUT2D eigenvalue weighted by Gasteiger charge is -2.28. The van der Waals surface area contributed by atoms with Gasteiger partial charge in [0.2, 0.25) is 0 Å². The van der Waals surface area contributed by atoms with Crippen LogP contribution in [0.5, 0.6) is 0 Å². The summed E-state index contributed by atoms with van der Waals surface area (Å²) < 4.78 is 16.0. The minimum absolute atomic E-state index is 0.277. The van der Waals surface area contributed by atoms with Crippen molar-refractivity contribution in [1.82, 2.24) is 0 Å². The van der Waals surface area contributed by atoms with Crippen LogP contribution in [-0.2, 0) is 28.6 Å². The fourth-order valence-electron chi connectivity index (χ4n) is 3.64. The first-order valence-corrected chi connectivity index (χ1v) is 11.5. The standard InChI is InChI=1S/C24H44O7/c1-15(2)10-18(7)29-21(25)13-24(28,23(27)31-20(9)12-17(5)6)14-22(26)30-19(8)11-16(3)4/h15-20,28H,10-14H2,1-9H3. The molecule has 0 aliphatic carbocycles. The monoisotopic (exact) mass is 444 g/mol. The summed E-state index contributed by atoms with van der Waals surface area (Å²) >= 11 is 0. The topological polar surface area (TPSA) is 99.1 Å². The Morgan fingerprint density at radius 1 is 0.613 bits per heavy atom. The van der Waals surface area contributed by atoms with Gasteiger partial charge in [-0.25, -0.2) is 4.79 Å². The molecular formula is C24H44O7. The zero-order valence-electron chi connectivity index (χ0n) is 20.9. The maximum absolute atomic E-state index is 12.8. The first-order chi connectivity index (χ1) is 14.1. The summed E-state index contributed by atoms with van der Waals surface area (Å²) in [5.41, 5.74) is -2.34. The van der Waals surface area contributed by atoms with Gasteiger partial charge in [-0.2, -0.15) is 0 Å². The molecule has 0 saturated heterocycles. The van der Waals surface area contributed by atoms with Crippen molar-refractivity contribution in [1.29, 1.82) is 0 Å².